The Morgan fingerprint density at radius 3 is 2.50 bits per heavy atom. The molecule has 0 fully saturated rings. The van der Waals surface area contributed by atoms with Crippen molar-refractivity contribution in [2.45, 2.75) is 31.2 Å². The number of sulfonamides is 1. The first-order chi connectivity index (χ1) is 15.1. The van der Waals surface area contributed by atoms with Gasteiger partial charge in [-0.25, -0.2) is 8.42 Å². The average molecular weight is 578 g/mol. The van der Waals surface area contributed by atoms with E-state index in [0.717, 1.165) is 10.0 Å². The minimum absolute atomic E-state index is 0.00785. The van der Waals surface area contributed by atoms with Crippen molar-refractivity contribution < 1.29 is 13.2 Å². The average Bonchev–Trinajstić information content (AvgIpc) is 3.22. The zero-order valence-corrected chi connectivity index (χ0v) is 21.7. The molecule has 2 aromatic carbocycles. The number of hydrogen-bond acceptors (Lipinski definition) is 6. The lowest BCUT2D eigenvalue weighted by Gasteiger charge is -2.23. The Labute approximate surface area is 208 Å². The summed E-state index contributed by atoms with van der Waals surface area (Å²) in [5.74, 6) is -0.846. The molecule has 0 saturated heterocycles. The van der Waals surface area contributed by atoms with Crippen LogP contribution in [0, 0.1) is 5.92 Å². The van der Waals surface area contributed by atoms with Crippen LogP contribution in [0.15, 0.2) is 51.8 Å². The molecule has 2 atom stereocenters. The highest BCUT2D eigenvalue weighted by Gasteiger charge is 2.31. The Bertz CT molecular complexity index is 1220. The summed E-state index contributed by atoms with van der Waals surface area (Å²) in [6.45, 7) is 3.64. The Kier molecular flexibility index (Phi) is 8.29. The molecular formula is C20H19BrCl2N4O3S2. The van der Waals surface area contributed by atoms with Crippen molar-refractivity contribution in [1.82, 2.24) is 14.9 Å². The number of benzene rings is 2. The normalized spacial score (nSPS) is 13.5. The molecule has 0 bridgehead atoms. The molecule has 0 saturated carbocycles. The van der Waals surface area contributed by atoms with E-state index in [1.807, 2.05) is 31.2 Å². The van der Waals surface area contributed by atoms with Crippen molar-refractivity contribution in [1.29, 1.82) is 0 Å². The molecule has 170 valence electrons. The summed E-state index contributed by atoms with van der Waals surface area (Å²) >= 11 is 16.6. The van der Waals surface area contributed by atoms with Gasteiger partial charge < -0.3 is 0 Å². The fourth-order valence-corrected chi connectivity index (χ4v) is 5.83. The monoisotopic (exact) mass is 576 g/mol. The Morgan fingerprint density at radius 1 is 1.16 bits per heavy atom. The largest absolute Gasteiger partial charge is 0.299 e. The fraction of sp³-hybridized carbons (Fsp3) is 0.250. The minimum Gasteiger partial charge on any atom is -0.299 e. The van der Waals surface area contributed by atoms with Crippen LogP contribution in [0.25, 0.3) is 10.6 Å². The van der Waals surface area contributed by atoms with Gasteiger partial charge in [0.15, 0.2) is 0 Å². The summed E-state index contributed by atoms with van der Waals surface area (Å²) in [5, 5.41) is 11.9. The van der Waals surface area contributed by atoms with E-state index in [1.165, 1.54) is 29.5 Å². The number of carbonyl (C=O) groups is 1. The second-order valence-electron chi connectivity index (χ2n) is 6.97. The molecular weight excluding hydrogens is 559 g/mol. The highest BCUT2D eigenvalue weighted by atomic mass is 79.9. The molecule has 1 amide bonds. The molecule has 0 spiro atoms. The maximum Gasteiger partial charge on any atom is 0.244 e. The fourth-order valence-electron chi connectivity index (χ4n) is 2.74. The van der Waals surface area contributed by atoms with E-state index in [4.69, 9.17) is 23.2 Å². The van der Waals surface area contributed by atoms with Gasteiger partial charge in [0.1, 0.15) is 15.9 Å². The lowest BCUT2D eigenvalue weighted by Crippen LogP contribution is -2.47. The van der Waals surface area contributed by atoms with Gasteiger partial charge in [-0.1, -0.05) is 82.9 Å². The van der Waals surface area contributed by atoms with Gasteiger partial charge in [-0.2, -0.15) is 4.72 Å². The van der Waals surface area contributed by atoms with Crippen LogP contribution in [-0.4, -0.2) is 30.6 Å². The zero-order valence-electron chi connectivity index (χ0n) is 17.0. The van der Waals surface area contributed by atoms with Crippen LogP contribution in [0.1, 0.15) is 20.3 Å². The van der Waals surface area contributed by atoms with E-state index in [1.54, 1.807) is 6.92 Å². The van der Waals surface area contributed by atoms with Crippen molar-refractivity contribution >= 4 is 71.5 Å². The molecule has 0 radical (unpaired) electrons. The standard InChI is InChI=1S/C20H19BrCl2N4O3S2/c1-3-11(2)17(27-32(29,30)16-10-14(22)8-9-15(16)23)18(28)24-20-26-25-19(31-20)12-4-6-13(21)7-5-12/h4-11,17,27H,3H2,1-2H3,(H,24,26,28). The molecule has 0 aliphatic rings. The number of nitrogens with one attached hydrogen (secondary N) is 2. The predicted molar refractivity (Wildman–Crippen MR) is 132 cm³/mol. The Morgan fingerprint density at radius 2 is 1.84 bits per heavy atom. The number of aromatic nitrogens is 2. The van der Waals surface area contributed by atoms with Gasteiger partial charge in [0, 0.05) is 15.1 Å². The third-order valence-electron chi connectivity index (χ3n) is 4.71. The summed E-state index contributed by atoms with van der Waals surface area (Å²) in [5.41, 5.74) is 0.848. The summed E-state index contributed by atoms with van der Waals surface area (Å²) in [7, 11) is -4.11. The lowest BCUT2D eigenvalue weighted by molar-refractivity contribution is -0.118. The third-order valence-corrected chi connectivity index (χ3v) is 8.28. The summed E-state index contributed by atoms with van der Waals surface area (Å²) < 4.78 is 29.3. The van der Waals surface area contributed by atoms with Gasteiger partial charge in [0.2, 0.25) is 21.1 Å². The van der Waals surface area contributed by atoms with E-state index in [0.29, 0.717) is 11.4 Å². The van der Waals surface area contributed by atoms with Crippen LogP contribution in [0.2, 0.25) is 10.0 Å². The SMILES string of the molecule is CCC(C)C(NS(=O)(=O)c1cc(Cl)ccc1Cl)C(=O)Nc1nnc(-c2ccc(Br)cc2)s1. The first-order valence-corrected chi connectivity index (χ1v) is 13.3. The zero-order chi connectivity index (χ0) is 23.5. The van der Waals surface area contributed by atoms with E-state index in [9.17, 15) is 13.2 Å². The van der Waals surface area contributed by atoms with Gasteiger partial charge in [0.05, 0.1) is 5.02 Å². The van der Waals surface area contributed by atoms with E-state index in [2.05, 4.69) is 36.2 Å². The summed E-state index contributed by atoms with van der Waals surface area (Å²) in [4.78, 5) is 12.8. The molecule has 7 nitrogen and oxygen atoms in total. The van der Waals surface area contributed by atoms with Crippen molar-refractivity contribution in [2.75, 3.05) is 5.32 Å². The third kappa shape index (κ3) is 6.06. The van der Waals surface area contributed by atoms with Crippen molar-refractivity contribution in [3.63, 3.8) is 0 Å². The Hall–Kier alpha value is -1.56. The van der Waals surface area contributed by atoms with Crippen LogP contribution in [0.5, 0.6) is 0 Å². The number of amides is 1. The van der Waals surface area contributed by atoms with Crippen LogP contribution in [0.4, 0.5) is 5.13 Å². The molecule has 12 heteroatoms. The van der Waals surface area contributed by atoms with E-state index < -0.39 is 22.0 Å². The Balaban J connectivity index is 1.81. The topological polar surface area (TPSA) is 101 Å². The molecule has 2 N–H and O–H groups in total. The second kappa shape index (κ2) is 10.6. The van der Waals surface area contributed by atoms with Crippen LogP contribution in [0.3, 0.4) is 0 Å². The van der Waals surface area contributed by atoms with Gasteiger partial charge >= 0.3 is 0 Å². The van der Waals surface area contributed by atoms with Crippen LogP contribution >= 0.6 is 50.5 Å². The molecule has 32 heavy (non-hydrogen) atoms. The smallest absolute Gasteiger partial charge is 0.244 e. The number of carbonyl (C=O) groups excluding carboxylic acids is 1. The maximum atomic E-state index is 13.0. The molecule has 1 aromatic heterocycles. The number of nitrogens with zero attached hydrogens (tertiary/aromatic N) is 2. The number of rotatable bonds is 8. The van der Waals surface area contributed by atoms with E-state index >= 15 is 0 Å². The quantitative estimate of drug-likeness (QED) is 0.362. The first kappa shape index (κ1) is 25.1. The predicted octanol–water partition coefficient (Wildman–Crippen LogP) is 5.61. The number of anilines is 1. The second-order valence-corrected chi connectivity index (χ2v) is 11.4. The summed E-state index contributed by atoms with van der Waals surface area (Å²) in [6.07, 6.45) is 0.560. The van der Waals surface area contributed by atoms with E-state index in [-0.39, 0.29) is 26.0 Å². The molecule has 1 heterocycles. The molecule has 3 aromatic rings. The van der Waals surface area contributed by atoms with Crippen LogP contribution < -0.4 is 10.0 Å². The maximum absolute atomic E-state index is 13.0. The molecule has 0 aliphatic heterocycles. The molecule has 0 aliphatic carbocycles. The van der Waals surface area contributed by atoms with Crippen molar-refractivity contribution in [3.8, 4) is 10.6 Å². The molecule has 2 unspecified atom stereocenters. The van der Waals surface area contributed by atoms with Gasteiger partial charge in [-0.3, -0.25) is 10.1 Å². The lowest BCUT2D eigenvalue weighted by atomic mass is 9.99. The highest BCUT2D eigenvalue weighted by Crippen LogP contribution is 2.29. The molecule has 3 rings (SSSR count). The minimum atomic E-state index is -4.11. The summed E-state index contributed by atoms with van der Waals surface area (Å²) in [6, 6.07) is 10.6. The van der Waals surface area contributed by atoms with Crippen LogP contribution in [-0.2, 0) is 14.8 Å². The van der Waals surface area contributed by atoms with Crippen molar-refractivity contribution in [3.05, 3.63) is 57.0 Å². The highest BCUT2D eigenvalue weighted by molar-refractivity contribution is 9.10. The van der Waals surface area contributed by atoms with Gasteiger partial charge in [-0.05, 0) is 36.2 Å². The number of halogens is 3. The van der Waals surface area contributed by atoms with Gasteiger partial charge in [-0.15, -0.1) is 10.2 Å². The number of hydrogen-bond donors (Lipinski definition) is 2. The van der Waals surface area contributed by atoms with Gasteiger partial charge in [0.25, 0.3) is 0 Å². The first-order valence-electron chi connectivity index (χ1n) is 9.48. The van der Waals surface area contributed by atoms with Crippen molar-refractivity contribution in [2.24, 2.45) is 5.92 Å².